The van der Waals surface area contributed by atoms with E-state index in [9.17, 15) is 4.79 Å². The molecule has 3 N–H and O–H groups in total. The molecule has 0 bridgehead atoms. The van der Waals surface area contributed by atoms with Crippen LogP contribution in [-0.2, 0) is 4.79 Å². The Hall–Kier alpha value is -1.50. The largest absolute Gasteiger partial charge is 0.487 e. The number of rotatable bonds is 4. The SMILES string of the molecule is CCOc1c(N)nsc1NC1CCN(C)C1=O. The van der Waals surface area contributed by atoms with Gasteiger partial charge < -0.3 is 20.7 Å². The van der Waals surface area contributed by atoms with Crippen LogP contribution in [0.25, 0.3) is 0 Å². The van der Waals surface area contributed by atoms with Gasteiger partial charge in [-0.25, -0.2) is 0 Å². The molecule has 0 aliphatic carbocycles. The summed E-state index contributed by atoms with van der Waals surface area (Å²) in [6, 6.07) is -0.195. The van der Waals surface area contributed by atoms with E-state index in [1.54, 1.807) is 11.9 Å². The molecule has 0 aromatic carbocycles. The fraction of sp³-hybridized carbons (Fsp3) is 0.600. The molecule has 0 radical (unpaired) electrons. The fourth-order valence-corrected chi connectivity index (χ4v) is 2.50. The van der Waals surface area contributed by atoms with Crippen LogP contribution in [0.2, 0.25) is 0 Å². The van der Waals surface area contributed by atoms with Crippen molar-refractivity contribution in [1.82, 2.24) is 9.27 Å². The number of likely N-dealkylation sites (N-methyl/N-ethyl adjacent to an activating group) is 1. The van der Waals surface area contributed by atoms with Crippen molar-refractivity contribution in [3.8, 4) is 5.75 Å². The maximum Gasteiger partial charge on any atom is 0.244 e. The van der Waals surface area contributed by atoms with Crippen molar-refractivity contribution < 1.29 is 9.53 Å². The van der Waals surface area contributed by atoms with Crippen molar-refractivity contribution in [3.05, 3.63) is 0 Å². The summed E-state index contributed by atoms with van der Waals surface area (Å²) < 4.78 is 9.44. The number of nitrogens with two attached hydrogens (primary N) is 1. The predicted octanol–water partition coefficient (Wildman–Crippen LogP) is 0.767. The number of aromatic nitrogens is 1. The quantitative estimate of drug-likeness (QED) is 0.831. The number of ether oxygens (including phenoxy) is 1. The van der Waals surface area contributed by atoms with Gasteiger partial charge in [0.15, 0.2) is 16.6 Å². The van der Waals surface area contributed by atoms with Crippen LogP contribution >= 0.6 is 11.5 Å². The van der Waals surface area contributed by atoms with Gasteiger partial charge in [-0.3, -0.25) is 4.79 Å². The zero-order valence-electron chi connectivity index (χ0n) is 9.90. The number of carbonyl (C=O) groups is 1. The monoisotopic (exact) mass is 256 g/mol. The topological polar surface area (TPSA) is 80.5 Å². The summed E-state index contributed by atoms with van der Waals surface area (Å²) in [6.45, 7) is 3.18. The van der Waals surface area contributed by atoms with E-state index in [4.69, 9.17) is 10.5 Å². The minimum Gasteiger partial charge on any atom is -0.487 e. The van der Waals surface area contributed by atoms with Crippen LogP contribution in [0.3, 0.4) is 0 Å². The number of hydrogen-bond donors (Lipinski definition) is 2. The van der Waals surface area contributed by atoms with Gasteiger partial charge in [0.2, 0.25) is 5.91 Å². The predicted molar refractivity (Wildman–Crippen MR) is 67.4 cm³/mol. The highest BCUT2D eigenvalue weighted by molar-refractivity contribution is 7.11. The Balaban J connectivity index is 2.11. The summed E-state index contributed by atoms with van der Waals surface area (Å²) in [5.74, 6) is 1.03. The third kappa shape index (κ3) is 2.28. The second-order valence-electron chi connectivity index (χ2n) is 3.90. The molecular formula is C10H16N4O2S. The van der Waals surface area contributed by atoms with Gasteiger partial charge in [0.1, 0.15) is 6.04 Å². The smallest absolute Gasteiger partial charge is 0.244 e. The van der Waals surface area contributed by atoms with Crippen LogP contribution in [-0.4, -0.2) is 41.4 Å². The molecule has 2 heterocycles. The molecule has 1 aliphatic rings. The summed E-state index contributed by atoms with van der Waals surface area (Å²) >= 11 is 1.22. The van der Waals surface area contributed by atoms with E-state index >= 15 is 0 Å². The zero-order valence-corrected chi connectivity index (χ0v) is 10.7. The van der Waals surface area contributed by atoms with E-state index in [1.165, 1.54) is 11.5 Å². The first kappa shape index (κ1) is 12.0. The van der Waals surface area contributed by atoms with Gasteiger partial charge in [-0.1, -0.05) is 0 Å². The molecule has 1 atom stereocenters. The second-order valence-corrected chi connectivity index (χ2v) is 4.68. The first-order valence-corrected chi connectivity index (χ1v) is 6.30. The zero-order chi connectivity index (χ0) is 12.4. The molecule has 94 valence electrons. The number of amides is 1. The summed E-state index contributed by atoms with van der Waals surface area (Å²) in [4.78, 5) is 13.5. The molecular weight excluding hydrogens is 240 g/mol. The lowest BCUT2D eigenvalue weighted by Crippen LogP contribution is -2.30. The normalized spacial score (nSPS) is 19.8. The molecule has 17 heavy (non-hydrogen) atoms. The van der Waals surface area contributed by atoms with Gasteiger partial charge in [-0.05, 0) is 24.9 Å². The Morgan fingerprint density at radius 2 is 2.47 bits per heavy atom. The molecule has 1 unspecified atom stereocenters. The standard InChI is InChI=1S/C10H16N4O2S/c1-3-16-7-8(11)13-17-9(7)12-6-4-5-14(2)10(6)15/h6,12H,3-5H2,1-2H3,(H2,11,13). The first-order chi connectivity index (χ1) is 8.13. The van der Waals surface area contributed by atoms with E-state index in [-0.39, 0.29) is 11.9 Å². The van der Waals surface area contributed by atoms with Crippen molar-refractivity contribution in [2.75, 3.05) is 31.2 Å². The average Bonchev–Trinajstić information content (AvgIpc) is 2.80. The lowest BCUT2D eigenvalue weighted by molar-refractivity contribution is -0.127. The third-order valence-corrected chi connectivity index (χ3v) is 3.47. The Labute approximate surface area is 104 Å². The summed E-state index contributed by atoms with van der Waals surface area (Å²) in [7, 11) is 1.80. The number of nitrogens with one attached hydrogen (secondary N) is 1. The summed E-state index contributed by atoms with van der Waals surface area (Å²) in [5, 5.41) is 3.89. The van der Waals surface area contributed by atoms with Crippen molar-refractivity contribution in [2.24, 2.45) is 0 Å². The molecule has 1 amide bonds. The molecule has 7 heteroatoms. The van der Waals surface area contributed by atoms with Gasteiger partial charge in [-0.2, -0.15) is 4.37 Å². The Kier molecular flexibility index (Phi) is 3.37. The molecule has 0 spiro atoms. The number of nitrogens with zero attached hydrogens (tertiary/aromatic N) is 2. The van der Waals surface area contributed by atoms with E-state index in [0.29, 0.717) is 18.2 Å². The average molecular weight is 256 g/mol. The molecule has 1 aromatic heterocycles. The third-order valence-electron chi connectivity index (χ3n) is 2.70. The highest BCUT2D eigenvalue weighted by Crippen LogP contribution is 2.36. The van der Waals surface area contributed by atoms with Gasteiger partial charge in [0, 0.05) is 13.6 Å². The highest BCUT2D eigenvalue weighted by atomic mass is 32.1. The highest BCUT2D eigenvalue weighted by Gasteiger charge is 2.30. The van der Waals surface area contributed by atoms with Crippen LogP contribution < -0.4 is 15.8 Å². The number of likely N-dealkylation sites (tertiary alicyclic amines) is 1. The van der Waals surface area contributed by atoms with Crippen LogP contribution in [0.5, 0.6) is 5.75 Å². The van der Waals surface area contributed by atoms with Gasteiger partial charge in [0.25, 0.3) is 0 Å². The van der Waals surface area contributed by atoms with E-state index < -0.39 is 0 Å². The second kappa shape index (κ2) is 4.79. The molecule has 1 aromatic rings. The maximum absolute atomic E-state index is 11.8. The Morgan fingerprint density at radius 1 is 1.71 bits per heavy atom. The number of carbonyl (C=O) groups excluding carboxylic acids is 1. The summed E-state index contributed by atoms with van der Waals surface area (Å²) in [5.41, 5.74) is 5.70. The number of anilines is 2. The molecule has 6 nitrogen and oxygen atoms in total. The minimum atomic E-state index is -0.195. The lowest BCUT2D eigenvalue weighted by atomic mass is 10.2. The summed E-state index contributed by atoms with van der Waals surface area (Å²) in [6.07, 6.45) is 0.790. The van der Waals surface area contributed by atoms with Crippen molar-refractivity contribution >= 4 is 28.3 Å². The number of hydrogen-bond acceptors (Lipinski definition) is 6. The van der Waals surface area contributed by atoms with E-state index in [0.717, 1.165) is 18.0 Å². The van der Waals surface area contributed by atoms with Gasteiger partial charge in [-0.15, -0.1) is 0 Å². The lowest BCUT2D eigenvalue weighted by Gasteiger charge is -2.13. The molecule has 2 rings (SSSR count). The van der Waals surface area contributed by atoms with Crippen molar-refractivity contribution in [2.45, 2.75) is 19.4 Å². The van der Waals surface area contributed by atoms with Gasteiger partial charge >= 0.3 is 0 Å². The molecule has 1 saturated heterocycles. The van der Waals surface area contributed by atoms with Crippen LogP contribution in [0.15, 0.2) is 0 Å². The van der Waals surface area contributed by atoms with Gasteiger partial charge in [0.05, 0.1) is 6.61 Å². The minimum absolute atomic E-state index is 0.0967. The maximum atomic E-state index is 11.8. The van der Waals surface area contributed by atoms with E-state index in [1.807, 2.05) is 6.92 Å². The van der Waals surface area contributed by atoms with Crippen LogP contribution in [0.1, 0.15) is 13.3 Å². The first-order valence-electron chi connectivity index (χ1n) is 5.53. The van der Waals surface area contributed by atoms with Crippen LogP contribution in [0, 0.1) is 0 Å². The van der Waals surface area contributed by atoms with E-state index in [2.05, 4.69) is 9.69 Å². The fourth-order valence-electron chi connectivity index (χ4n) is 1.78. The number of nitrogen functional groups attached to an aromatic ring is 1. The van der Waals surface area contributed by atoms with Crippen molar-refractivity contribution in [1.29, 1.82) is 0 Å². The van der Waals surface area contributed by atoms with Crippen LogP contribution in [0.4, 0.5) is 10.8 Å². The Bertz CT molecular complexity index is 420. The molecule has 0 saturated carbocycles. The molecule has 1 fully saturated rings. The Morgan fingerprint density at radius 3 is 3.06 bits per heavy atom. The molecule has 1 aliphatic heterocycles. The van der Waals surface area contributed by atoms with Crippen molar-refractivity contribution in [3.63, 3.8) is 0 Å².